The molecule has 0 spiro atoms. The van der Waals surface area contributed by atoms with Gasteiger partial charge in [0.1, 0.15) is 0 Å². The molecule has 1 atom stereocenters. The van der Waals surface area contributed by atoms with Gasteiger partial charge in [0.25, 0.3) is 0 Å². The minimum atomic E-state index is -0.162. The molecule has 0 aliphatic rings. The zero-order chi connectivity index (χ0) is 14.5. The Bertz CT molecular complexity index is 599. The lowest BCUT2D eigenvalue weighted by Crippen LogP contribution is -2.21. The fraction of sp³-hybridized carbons (Fsp3) is 0.188. The van der Waals surface area contributed by atoms with Crippen LogP contribution in [0.2, 0.25) is 0 Å². The van der Waals surface area contributed by atoms with Crippen LogP contribution < -0.4 is 11.1 Å². The highest BCUT2D eigenvalue weighted by atomic mass is 79.9. The van der Waals surface area contributed by atoms with Crippen LogP contribution in [-0.4, -0.2) is 5.91 Å². The normalized spacial score (nSPS) is 11.9. The smallest absolute Gasteiger partial charge is 0.231 e. The monoisotopic (exact) mass is 332 g/mol. The number of hydrogen-bond donors (Lipinski definition) is 2. The van der Waals surface area contributed by atoms with Gasteiger partial charge in [0.05, 0.1) is 11.6 Å². The number of amides is 1. The zero-order valence-corrected chi connectivity index (χ0v) is 12.9. The van der Waals surface area contributed by atoms with Crippen molar-refractivity contribution in [3.05, 3.63) is 58.6 Å². The Hall–Kier alpha value is -1.81. The van der Waals surface area contributed by atoms with Crippen LogP contribution in [0.25, 0.3) is 0 Å². The van der Waals surface area contributed by atoms with E-state index in [0.29, 0.717) is 11.4 Å². The van der Waals surface area contributed by atoms with E-state index < -0.39 is 0 Å². The number of hydrogen-bond acceptors (Lipinski definition) is 2. The summed E-state index contributed by atoms with van der Waals surface area (Å²) in [6.45, 7) is 2.01. The van der Waals surface area contributed by atoms with Crippen LogP contribution in [0.5, 0.6) is 0 Å². The summed E-state index contributed by atoms with van der Waals surface area (Å²) >= 11 is 3.42. The summed E-state index contributed by atoms with van der Waals surface area (Å²) in [5.74, 6) is -0.186. The van der Waals surface area contributed by atoms with Gasteiger partial charge in [-0.15, -0.1) is 0 Å². The number of nitrogen functional groups attached to an aromatic ring is 1. The third kappa shape index (κ3) is 3.39. The van der Waals surface area contributed by atoms with Gasteiger partial charge >= 0.3 is 0 Å². The van der Waals surface area contributed by atoms with Gasteiger partial charge in [0.15, 0.2) is 0 Å². The molecule has 0 aromatic heterocycles. The Kier molecular flexibility index (Phi) is 4.79. The van der Waals surface area contributed by atoms with Crippen LogP contribution >= 0.6 is 15.9 Å². The maximum atomic E-state index is 12.4. The Morgan fingerprint density at radius 2 is 1.95 bits per heavy atom. The lowest BCUT2D eigenvalue weighted by atomic mass is 9.95. The first-order chi connectivity index (χ1) is 9.61. The first-order valence-corrected chi connectivity index (χ1v) is 7.32. The van der Waals surface area contributed by atoms with Crippen molar-refractivity contribution in [3.8, 4) is 0 Å². The van der Waals surface area contributed by atoms with Crippen LogP contribution in [0, 0.1) is 0 Å². The predicted molar refractivity (Wildman–Crippen MR) is 86.7 cm³/mol. The molecule has 2 aromatic rings. The minimum Gasteiger partial charge on any atom is -0.399 e. The van der Waals surface area contributed by atoms with E-state index in [-0.39, 0.29) is 11.8 Å². The van der Waals surface area contributed by atoms with Gasteiger partial charge in [-0.05, 0) is 46.1 Å². The van der Waals surface area contributed by atoms with E-state index in [9.17, 15) is 4.79 Å². The first kappa shape index (κ1) is 14.6. The van der Waals surface area contributed by atoms with Crippen molar-refractivity contribution in [1.82, 2.24) is 0 Å². The second kappa shape index (κ2) is 6.57. The van der Waals surface area contributed by atoms with Crippen molar-refractivity contribution < 1.29 is 4.79 Å². The zero-order valence-electron chi connectivity index (χ0n) is 11.3. The number of anilines is 2. The maximum Gasteiger partial charge on any atom is 0.231 e. The van der Waals surface area contributed by atoms with Gasteiger partial charge < -0.3 is 11.1 Å². The van der Waals surface area contributed by atoms with Gasteiger partial charge in [-0.25, -0.2) is 0 Å². The average molecular weight is 333 g/mol. The largest absolute Gasteiger partial charge is 0.399 e. The van der Waals surface area contributed by atoms with E-state index in [4.69, 9.17) is 5.73 Å². The number of nitrogens with two attached hydrogens (primary N) is 1. The summed E-state index contributed by atoms with van der Waals surface area (Å²) in [7, 11) is 0. The number of carbonyl (C=O) groups is 1. The molecule has 0 fully saturated rings. The summed E-state index contributed by atoms with van der Waals surface area (Å²) in [5, 5.41) is 2.93. The second-order valence-corrected chi connectivity index (χ2v) is 5.45. The van der Waals surface area contributed by atoms with Gasteiger partial charge in [-0.2, -0.15) is 0 Å². The second-order valence-electron chi connectivity index (χ2n) is 4.60. The molecule has 20 heavy (non-hydrogen) atoms. The van der Waals surface area contributed by atoms with Crippen molar-refractivity contribution >= 4 is 33.2 Å². The molecule has 3 N–H and O–H groups in total. The molecule has 0 saturated heterocycles. The molecule has 3 nitrogen and oxygen atoms in total. The molecule has 0 saturated carbocycles. The first-order valence-electron chi connectivity index (χ1n) is 6.52. The van der Waals surface area contributed by atoms with E-state index in [1.165, 1.54) is 0 Å². The molecular weight excluding hydrogens is 316 g/mol. The van der Waals surface area contributed by atoms with E-state index in [1.54, 1.807) is 12.1 Å². The van der Waals surface area contributed by atoms with Crippen LogP contribution in [0.1, 0.15) is 24.8 Å². The van der Waals surface area contributed by atoms with Gasteiger partial charge in [-0.3, -0.25) is 4.79 Å². The van der Waals surface area contributed by atoms with Gasteiger partial charge in [0, 0.05) is 10.2 Å². The van der Waals surface area contributed by atoms with Crippen LogP contribution in [0.15, 0.2) is 53.0 Å². The SMILES string of the molecule is CCC(C(=O)Nc1cc(N)ccc1Br)c1ccccc1. The van der Waals surface area contributed by atoms with Crippen LogP contribution in [-0.2, 0) is 4.79 Å². The molecule has 2 aromatic carbocycles. The number of benzene rings is 2. The van der Waals surface area contributed by atoms with Gasteiger partial charge in [-0.1, -0.05) is 37.3 Å². The average Bonchev–Trinajstić information content (AvgIpc) is 2.45. The van der Waals surface area contributed by atoms with Crippen molar-refractivity contribution in [2.24, 2.45) is 0 Å². The third-order valence-electron chi connectivity index (χ3n) is 3.17. The Balaban J connectivity index is 2.20. The quantitative estimate of drug-likeness (QED) is 0.826. The molecule has 1 amide bonds. The Morgan fingerprint density at radius 3 is 2.60 bits per heavy atom. The summed E-state index contributed by atoms with van der Waals surface area (Å²) in [5.41, 5.74) is 8.09. The summed E-state index contributed by atoms with van der Waals surface area (Å²) < 4.78 is 0.822. The topological polar surface area (TPSA) is 55.1 Å². The highest BCUT2D eigenvalue weighted by Crippen LogP contribution is 2.27. The van der Waals surface area contributed by atoms with Crippen LogP contribution in [0.3, 0.4) is 0 Å². The summed E-state index contributed by atoms with van der Waals surface area (Å²) in [6.07, 6.45) is 0.746. The lowest BCUT2D eigenvalue weighted by molar-refractivity contribution is -0.117. The van der Waals surface area contributed by atoms with E-state index >= 15 is 0 Å². The number of nitrogens with one attached hydrogen (secondary N) is 1. The van der Waals surface area contributed by atoms with E-state index in [1.807, 2.05) is 43.3 Å². The number of halogens is 1. The van der Waals surface area contributed by atoms with Crippen molar-refractivity contribution in [3.63, 3.8) is 0 Å². The summed E-state index contributed by atoms with van der Waals surface area (Å²) in [6, 6.07) is 15.2. The Morgan fingerprint density at radius 1 is 1.25 bits per heavy atom. The third-order valence-corrected chi connectivity index (χ3v) is 3.87. The number of rotatable bonds is 4. The van der Waals surface area contributed by atoms with Crippen molar-refractivity contribution in [2.45, 2.75) is 19.3 Å². The molecule has 0 aliphatic carbocycles. The fourth-order valence-electron chi connectivity index (χ4n) is 2.12. The Labute approximate surface area is 127 Å². The van der Waals surface area contributed by atoms with E-state index in [2.05, 4.69) is 21.2 Å². The standard InChI is InChI=1S/C16H17BrN2O/c1-2-13(11-6-4-3-5-7-11)16(20)19-15-10-12(18)8-9-14(15)17/h3-10,13H,2,18H2,1H3,(H,19,20). The molecule has 2 rings (SSSR count). The molecular formula is C16H17BrN2O. The van der Waals surface area contributed by atoms with Gasteiger partial charge in [0.2, 0.25) is 5.91 Å². The highest BCUT2D eigenvalue weighted by molar-refractivity contribution is 9.10. The fourth-order valence-corrected chi connectivity index (χ4v) is 2.46. The molecule has 0 radical (unpaired) electrons. The lowest BCUT2D eigenvalue weighted by Gasteiger charge is -2.16. The predicted octanol–water partition coefficient (Wildman–Crippen LogP) is 4.16. The van der Waals surface area contributed by atoms with E-state index in [0.717, 1.165) is 16.5 Å². The highest BCUT2D eigenvalue weighted by Gasteiger charge is 2.19. The molecule has 0 aliphatic heterocycles. The van der Waals surface area contributed by atoms with Crippen LogP contribution in [0.4, 0.5) is 11.4 Å². The molecule has 4 heteroatoms. The molecule has 1 unspecified atom stereocenters. The maximum absolute atomic E-state index is 12.4. The number of carbonyl (C=O) groups excluding carboxylic acids is 1. The van der Waals surface area contributed by atoms with Crippen molar-refractivity contribution in [1.29, 1.82) is 0 Å². The van der Waals surface area contributed by atoms with Crippen molar-refractivity contribution in [2.75, 3.05) is 11.1 Å². The molecule has 0 bridgehead atoms. The minimum absolute atomic E-state index is 0.0231. The molecule has 0 heterocycles. The summed E-state index contributed by atoms with van der Waals surface area (Å²) in [4.78, 5) is 12.4. The molecule has 104 valence electrons.